The van der Waals surface area contributed by atoms with Crippen LogP contribution < -0.4 is 5.32 Å². The van der Waals surface area contributed by atoms with E-state index >= 15 is 0 Å². The summed E-state index contributed by atoms with van der Waals surface area (Å²) in [6, 6.07) is 0.0960. The van der Waals surface area contributed by atoms with Gasteiger partial charge < -0.3 is 14.6 Å². The van der Waals surface area contributed by atoms with Crippen LogP contribution in [-0.2, 0) is 10.3 Å². The van der Waals surface area contributed by atoms with Gasteiger partial charge in [-0.05, 0) is 32.7 Å². The van der Waals surface area contributed by atoms with E-state index in [1.54, 1.807) is 7.11 Å². The van der Waals surface area contributed by atoms with Crippen molar-refractivity contribution in [3.05, 3.63) is 11.7 Å². The Morgan fingerprint density at radius 3 is 2.74 bits per heavy atom. The molecule has 0 radical (unpaired) electrons. The van der Waals surface area contributed by atoms with E-state index in [0.717, 1.165) is 31.6 Å². The van der Waals surface area contributed by atoms with Crippen molar-refractivity contribution in [2.45, 2.75) is 64.0 Å². The summed E-state index contributed by atoms with van der Waals surface area (Å²) in [5.41, 5.74) is -0.329. The van der Waals surface area contributed by atoms with Gasteiger partial charge in [0.05, 0.1) is 6.04 Å². The third-order valence-corrected chi connectivity index (χ3v) is 3.97. The molecule has 1 N–H and O–H groups in total. The molecule has 1 aliphatic rings. The van der Waals surface area contributed by atoms with Crippen molar-refractivity contribution in [2.24, 2.45) is 0 Å². The molecule has 5 heteroatoms. The molecule has 0 aromatic carbocycles. The van der Waals surface area contributed by atoms with Gasteiger partial charge in [0.2, 0.25) is 11.7 Å². The number of hydrogen-bond donors (Lipinski definition) is 1. The normalized spacial score (nSPS) is 20.4. The van der Waals surface area contributed by atoms with Crippen LogP contribution in [0.1, 0.15) is 70.1 Å². The molecular formula is C14H25N3O2. The second-order valence-corrected chi connectivity index (χ2v) is 5.39. The van der Waals surface area contributed by atoms with Crippen LogP contribution in [0.5, 0.6) is 0 Å². The highest BCUT2D eigenvalue weighted by Crippen LogP contribution is 2.38. The number of hydrogen-bond acceptors (Lipinski definition) is 5. The number of methoxy groups -OCH3 is 1. The van der Waals surface area contributed by atoms with Crippen molar-refractivity contribution in [1.82, 2.24) is 15.5 Å². The first kappa shape index (κ1) is 14.5. The van der Waals surface area contributed by atoms with Crippen molar-refractivity contribution in [2.75, 3.05) is 13.7 Å². The fraction of sp³-hybridized carbons (Fsp3) is 0.857. The molecule has 1 aromatic rings. The maximum atomic E-state index is 5.73. The maximum Gasteiger partial charge on any atom is 0.243 e. The molecule has 1 saturated carbocycles. The van der Waals surface area contributed by atoms with Crippen molar-refractivity contribution < 1.29 is 9.26 Å². The second-order valence-electron chi connectivity index (χ2n) is 5.39. The quantitative estimate of drug-likeness (QED) is 0.858. The van der Waals surface area contributed by atoms with Gasteiger partial charge in [0.15, 0.2) is 0 Å². The highest BCUT2D eigenvalue weighted by Gasteiger charge is 2.38. The Kier molecular flexibility index (Phi) is 4.93. The number of aromatic nitrogens is 2. The van der Waals surface area contributed by atoms with E-state index in [0.29, 0.717) is 5.89 Å². The SMILES string of the molecule is CCCNC(C)c1nc(C2(OC)CCCCC2)no1. The molecule has 1 aromatic heterocycles. The summed E-state index contributed by atoms with van der Waals surface area (Å²) in [6.45, 7) is 5.14. The Balaban J connectivity index is 2.10. The molecular weight excluding hydrogens is 242 g/mol. The van der Waals surface area contributed by atoms with Crippen molar-refractivity contribution >= 4 is 0 Å². The minimum absolute atomic E-state index is 0.0960. The van der Waals surface area contributed by atoms with Crippen LogP contribution >= 0.6 is 0 Å². The maximum absolute atomic E-state index is 5.73. The predicted molar refractivity (Wildman–Crippen MR) is 72.8 cm³/mol. The lowest BCUT2D eigenvalue weighted by molar-refractivity contribution is -0.0527. The number of nitrogens with one attached hydrogen (secondary N) is 1. The number of ether oxygens (including phenoxy) is 1. The molecule has 2 rings (SSSR count). The molecule has 1 atom stereocenters. The molecule has 1 heterocycles. The van der Waals surface area contributed by atoms with E-state index in [4.69, 9.17) is 9.26 Å². The highest BCUT2D eigenvalue weighted by molar-refractivity contribution is 5.04. The van der Waals surface area contributed by atoms with Crippen molar-refractivity contribution in [3.63, 3.8) is 0 Å². The van der Waals surface area contributed by atoms with Gasteiger partial charge in [0, 0.05) is 7.11 Å². The zero-order valence-corrected chi connectivity index (χ0v) is 12.2. The average Bonchev–Trinajstić information content (AvgIpc) is 2.96. The van der Waals surface area contributed by atoms with Crippen LogP contribution in [-0.4, -0.2) is 23.8 Å². The van der Waals surface area contributed by atoms with Crippen LogP contribution in [0.15, 0.2) is 4.52 Å². The Hall–Kier alpha value is -0.940. The summed E-state index contributed by atoms with van der Waals surface area (Å²) in [5, 5.41) is 7.52. The fourth-order valence-electron chi connectivity index (χ4n) is 2.69. The van der Waals surface area contributed by atoms with E-state index in [9.17, 15) is 0 Å². The van der Waals surface area contributed by atoms with Gasteiger partial charge in [-0.25, -0.2) is 0 Å². The van der Waals surface area contributed by atoms with Gasteiger partial charge in [-0.15, -0.1) is 0 Å². The molecule has 0 bridgehead atoms. The number of nitrogens with zero attached hydrogens (tertiary/aromatic N) is 2. The minimum Gasteiger partial charge on any atom is -0.370 e. The van der Waals surface area contributed by atoms with Crippen molar-refractivity contribution in [3.8, 4) is 0 Å². The molecule has 0 spiro atoms. The van der Waals surface area contributed by atoms with E-state index in [-0.39, 0.29) is 11.6 Å². The molecule has 1 unspecified atom stereocenters. The lowest BCUT2D eigenvalue weighted by Crippen LogP contribution is -2.32. The van der Waals surface area contributed by atoms with Crippen molar-refractivity contribution in [1.29, 1.82) is 0 Å². The summed E-state index contributed by atoms with van der Waals surface area (Å²) < 4.78 is 11.1. The van der Waals surface area contributed by atoms with Gasteiger partial charge in [0.25, 0.3) is 0 Å². The van der Waals surface area contributed by atoms with Crippen LogP contribution in [0.2, 0.25) is 0 Å². The molecule has 1 fully saturated rings. The Morgan fingerprint density at radius 1 is 1.37 bits per heavy atom. The monoisotopic (exact) mass is 267 g/mol. The first-order valence-corrected chi connectivity index (χ1v) is 7.34. The summed E-state index contributed by atoms with van der Waals surface area (Å²) in [5.74, 6) is 1.38. The molecule has 0 aliphatic heterocycles. The molecule has 0 saturated heterocycles. The lowest BCUT2D eigenvalue weighted by Gasteiger charge is -2.32. The molecule has 19 heavy (non-hydrogen) atoms. The standard InChI is InChI=1S/C14H25N3O2/c1-4-10-15-11(2)12-16-13(17-19-12)14(18-3)8-6-5-7-9-14/h11,15H,4-10H2,1-3H3. The van der Waals surface area contributed by atoms with Gasteiger partial charge in [0.1, 0.15) is 5.60 Å². The summed E-state index contributed by atoms with van der Waals surface area (Å²) in [6.07, 6.45) is 6.67. The van der Waals surface area contributed by atoms with Gasteiger partial charge >= 0.3 is 0 Å². The molecule has 5 nitrogen and oxygen atoms in total. The zero-order chi connectivity index (χ0) is 13.7. The zero-order valence-electron chi connectivity index (χ0n) is 12.2. The van der Waals surface area contributed by atoms with E-state index in [1.807, 2.05) is 6.92 Å². The van der Waals surface area contributed by atoms with Gasteiger partial charge in [-0.2, -0.15) is 4.98 Å². The topological polar surface area (TPSA) is 60.2 Å². The predicted octanol–water partition coefficient (Wildman–Crippen LogP) is 2.94. The third-order valence-electron chi connectivity index (χ3n) is 3.97. The molecule has 1 aliphatic carbocycles. The highest BCUT2D eigenvalue weighted by atomic mass is 16.5. The van der Waals surface area contributed by atoms with Gasteiger partial charge in [-0.1, -0.05) is 31.3 Å². The van der Waals surface area contributed by atoms with Crippen LogP contribution in [0.3, 0.4) is 0 Å². The first-order valence-electron chi connectivity index (χ1n) is 7.34. The molecule has 108 valence electrons. The Labute approximate surface area is 115 Å². The van der Waals surface area contributed by atoms with Crippen LogP contribution in [0.4, 0.5) is 0 Å². The summed E-state index contributed by atoms with van der Waals surface area (Å²) >= 11 is 0. The Morgan fingerprint density at radius 2 is 2.11 bits per heavy atom. The van der Waals surface area contributed by atoms with E-state index < -0.39 is 0 Å². The summed E-state index contributed by atoms with van der Waals surface area (Å²) in [7, 11) is 1.75. The lowest BCUT2D eigenvalue weighted by atomic mass is 9.84. The van der Waals surface area contributed by atoms with Crippen LogP contribution in [0.25, 0.3) is 0 Å². The summed E-state index contributed by atoms with van der Waals surface area (Å²) in [4.78, 5) is 4.56. The second kappa shape index (κ2) is 6.48. The average molecular weight is 267 g/mol. The largest absolute Gasteiger partial charge is 0.370 e. The Bertz CT molecular complexity index is 386. The number of rotatable bonds is 6. The smallest absolute Gasteiger partial charge is 0.243 e. The van der Waals surface area contributed by atoms with Crippen LogP contribution in [0, 0.1) is 0 Å². The van der Waals surface area contributed by atoms with Gasteiger partial charge in [-0.3, -0.25) is 0 Å². The molecule has 0 amide bonds. The minimum atomic E-state index is -0.329. The van der Waals surface area contributed by atoms with E-state index in [1.165, 1.54) is 19.3 Å². The van der Waals surface area contributed by atoms with E-state index in [2.05, 4.69) is 22.4 Å². The third kappa shape index (κ3) is 3.15. The fourth-order valence-corrected chi connectivity index (χ4v) is 2.69. The first-order chi connectivity index (χ1) is 9.22.